The van der Waals surface area contributed by atoms with Crippen LogP contribution in [-0.2, 0) is 16.1 Å². The molecule has 2 aromatic rings. The highest BCUT2D eigenvalue weighted by molar-refractivity contribution is 6.30. The molecule has 2 rings (SSSR count). The number of halogens is 1. The molecule has 0 saturated heterocycles. The second-order valence-electron chi connectivity index (χ2n) is 7.24. The molecule has 0 aliphatic rings. The van der Waals surface area contributed by atoms with Crippen LogP contribution in [0.5, 0.6) is 11.5 Å². The number of benzene rings is 2. The summed E-state index contributed by atoms with van der Waals surface area (Å²) in [5.74, 6) is 1.24. The number of methoxy groups -OCH3 is 1. The lowest BCUT2D eigenvalue weighted by molar-refractivity contribution is -0.140. The Bertz CT molecular complexity index is 824. The third-order valence-electron chi connectivity index (χ3n) is 4.85. The zero-order valence-electron chi connectivity index (χ0n) is 18.4. The highest BCUT2D eigenvalue weighted by atomic mass is 35.5. The standard InChI is InChI=1S/C24H31ClN2O4/c1-4-15-26-24(29)18(2)27(17-19-7-9-20(25)10-8-19)23(28)6-5-16-31-22-13-11-21(30-3)12-14-22/h7-14,18H,4-6,15-17H2,1-3H3,(H,26,29)/t18-/m0/s1. The molecule has 0 bridgehead atoms. The Morgan fingerprint density at radius 3 is 2.32 bits per heavy atom. The van der Waals surface area contributed by atoms with Crippen LogP contribution < -0.4 is 14.8 Å². The highest BCUT2D eigenvalue weighted by Gasteiger charge is 2.25. The van der Waals surface area contributed by atoms with Crippen molar-refractivity contribution < 1.29 is 19.1 Å². The molecule has 168 valence electrons. The normalized spacial score (nSPS) is 11.5. The van der Waals surface area contributed by atoms with Gasteiger partial charge in [-0.25, -0.2) is 0 Å². The number of nitrogens with zero attached hydrogens (tertiary/aromatic N) is 1. The second-order valence-corrected chi connectivity index (χ2v) is 7.68. The fraction of sp³-hybridized carbons (Fsp3) is 0.417. The SMILES string of the molecule is CCCNC(=O)[C@H](C)N(Cc1ccc(Cl)cc1)C(=O)CCCOc1ccc(OC)cc1. The van der Waals surface area contributed by atoms with Gasteiger partial charge in [-0.05, 0) is 61.7 Å². The molecule has 0 aliphatic heterocycles. The summed E-state index contributed by atoms with van der Waals surface area (Å²) >= 11 is 5.97. The van der Waals surface area contributed by atoms with Gasteiger partial charge in [0, 0.05) is 24.5 Å². The van der Waals surface area contributed by atoms with Gasteiger partial charge >= 0.3 is 0 Å². The minimum absolute atomic E-state index is 0.0903. The molecule has 0 heterocycles. The lowest BCUT2D eigenvalue weighted by Gasteiger charge is -2.29. The van der Waals surface area contributed by atoms with E-state index in [0.29, 0.717) is 31.1 Å². The van der Waals surface area contributed by atoms with Gasteiger partial charge in [-0.1, -0.05) is 30.7 Å². The molecule has 0 saturated carbocycles. The number of carbonyl (C=O) groups excluding carboxylic acids is 2. The van der Waals surface area contributed by atoms with Crippen LogP contribution in [0.1, 0.15) is 38.7 Å². The van der Waals surface area contributed by atoms with Crippen molar-refractivity contribution in [3.8, 4) is 11.5 Å². The van der Waals surface area contributed by atoms with Crippen molar-refractivity contribution >= 4 is 23.4 Å². The molecule has 1 atom stereocenters. The summed E-state index contributed by atoms with van der Waals surface area (Å²) in [6.45, 7) is 5.08. The maximum absolute atomic E-state index is 13.0. The molecule has 7 heteroatoms. The van der Waals surface area contributed by atoms with E-state index in [-0.39, 0.29) is 18.2 Å². The Balaban J connectivity index is 1.95. The first-order valence-corrected chi connectivity index (χ1v) is 10.9. The topological polar surface area (TPSA) is 67.9 Å². The van der Waals surface area contributed by atoms with E-state index < -0.39 is 6.04 Å². The van der Waals surface area contributed by atoms with Crippen LogP contribution in [0.3, 0.4) is 0 Å². The van der Waals surface area contributed by atoms with Crippen LogP contribution in [-0.4, -0.2) is 43.0 Å². The van der Waals surface area contributed by atoms with E-state index in [4.69, 9.17) is 21.1 Å². The van der Waals surface area contributed by atoms with Crippen LogP contribution >= 0.6 is 11.6 Å². The summed E-state index contributed by atoms with van der Waals surface area (Å²) in [5.41, 5.74) is 0.919. The molecule has 1 N–H and O–H groups in total. The first-order valence-electron chi connectivity index (χ1n) is 10.5. The van der Waals surface area contributed by atoms with Crippen LogP contribution in [0.4, 0.5) is 0 Å². The molecule has 31 heavy (non-hydrogen) atoms. The molecule has 0 radical (unpaired) electrons. The summed E-state index contributed by atoms with van der Waals surface area (Å²) in [6.07, 6.45) is 1.67. The van der Waals surface area contributed by atoms with Crippen molar-refractivity contribution in [1.29, 1.82) is 0 Å². The maximum Gasteiger partial charge on any atom is 0.242 e. The van der Waals surface area contributed by atoms with E-state index in [1.54, 1.807) is 31.1 Å². The average Bonchev–Trinajstić information content (AvgIpc) is 2.79. The Morgan fingerprint density at radius 1 is 1.06 bits per heavy atom. The van der Waals surface area contributed by atoms with E-state index in [1.807, 2.05) is 43.3 Å². The van der Waals surface area contributed by atoms with Crippen LogP contribution in [0.25, 0.3) is 0 Å². The van der Waals surface area contributed by atoms with E-state index in [9.17, 15) is 9.59 Å². The Morgan fingerprint density at radius 2 is 1.71 bits per heavy atom. The summed E-state index contributed by atoms with van der Waals surface area (Å²) in [4.78, 5) is 27.1. The molecule has 0 aliphatic carbocycles. The van der Waals surface area contributed by atoms with Crippen molar-refractivity contribution in [2.45, 2.75) is 45.7 Å². The molecule has 0 unspecified atom stereocenters. The molecule has 0 spiro atoms. The van der Waals surface area contributed by atoms with Crippen molar-refractivity contribution in [3.05, 3.63) is 59.1 Å². The van der Waals surface area contributed by atoms with Crippen molar-refractivity contribution in [2.75, 3.05) is 20.3 Å². The predicted molar refractivity (Wildman–Crippen MR) is 122 cm³/mol. The minimum atomic E-state index is -0.572. The van der Waals surface area contributed by atoms with E-state index in [1.165, 1.54) is 0 Å². The first-order chi connectivity index (χ1) is 14.9. The molecule has 2 amide bonds. The van der Waals surface area contributed by atoms with Crippen LogP contribution in [0, 0.1) is 0 Å². The number of ether oxygens (including phenoxy) is 2. The highest BCUT2D eigenvalue weighted by Crippen LogP contribution is 2.18. The van der Waals surface area contributed by atoms with Crippen molar-refractivity contribution in [2.24, 2.45) is 0 Å². The van der Waals surface area contributed by atoms with Gasteiger partial charge in [-0.15, -0.1) is 0 Å². The third kappa shape index (κ3) is 8.13. The Labute approximate surface area is 189 Å². The van der Waals surface area contributed by atoms with E-state index in [0.717, 1.165) is 23.5 Å². The molecule has 0 aromatic heterocycles. The van der Waals surface area contributed by atoms with Crippen molar-refractivity contribution in [3.63, 3.8) is 0 Å². The monoisotopic (exact) mass is 446 g/mol. The third-order valence-corrected chi connectivity index (χ3v) is 5.10. The first kappa shape index (κ1) is 24.5. The van der Waals surface area contributed by atoms with Gasteiger partial charge in [0.2, 0.25) is 11.8 Å². The Kier molecular flexibility index (Phi) is 10.2. The van der Waals surface area contributed by atoms with Gasteiger partial charge in [0.1, 0.15) is 17.5 Å². The van der Waals surface area contributed by atoms with Crippen LogP contribution in [0.2, 0.25) is 5.02 Å². The second kappa shape index (κ2) is 12.8. The summed E-state index contributed by atoms with van der Waals surface area (Å²) < 4.78 is 10.8. The molecular weight excluding hydrogens is 416 g/mol. The molecule has 6 nitrogen and oxygen atoms in total. The number of nitrogens with one attached hydrogen (secondary N) is 1. The average molecular weight is 447 g/mol. The predicted octanol–water partition coefficient (Wildman–Crippen LogP) is 4.45. The molecule has 0 fully saturated rings. The lowest BCUT2D eigenvalue weighted by Crippen LogP contribution is -2.47. The number of amides is 2. The lowest BCUT2D eigenvalue weighted by atomic mass is 10.1. The fourth-order valence-corrected chi connectivity index (χ4v) is 3.12. The zero-order chi connectivity index (χ0) is 22.6. The van der Waals surface area contributed by atoms with Crippen LogP contribution in [0.15, 0.2) is 48.5 Å². The zero-order valence-corrected chi connectivity index (χ0v) is 19.2. The minimum Gasteiger partial charge on any atom is -0.497 e. The number of hydrogen-bond donors (Lipinski definition) is 1. The van der Waals surface area contributed by atoms with Gasteiger partial charge in [0.25, 0.3) is 0 Å². The van der Waals surface area contributed by atoms with Gasteiger partial charge in [-0.3, -0.25) is 9.59 Å². The van der Waals surface area contributed by atoms with Crippen molar-refractivity contribution in [1.82, 2.24) is 10.2 Å². The fourth-order valence-electron chi connectivity index (χ4n) is 2.99. The van der Waals surface area contributed by atoms with E-state index >= 15 is 0 Å². The van der Waals surface area contributed by atoms with Gasteiger partial charge in [0.15, 0.2) is 0 Å². The summed E-state index contributed by atoms with van der Waals surface area (Å²) in [7, 11) is 1.61. The van der Waals surface area contributed by atoms with Gasteiger partial charge < -0.3 is 19.7 Å². The van der Waals surface area contributed by atoms with Gasteiger partial charge in [0.05, 0.1) is 13.7 Å². The number of carbonyl (C=O) groups is 2. The molecular formula is C24H31ClN2O4. The smallest absolute Gasteiger partial charge is 0.242 e. The number of hydrogen-bond acceptors (Lipinski definition) is 4. The summed E-state index contributed by atoms with van der Waals surface area (Å²) in [6, 6.07) is 14.0. The molecule has 2 aromatic carbocycles. The summed E-state index contributed by atoms with van der Waals surface area (Å²) in [5, 5.41) is 3.50. The van der Waals surface area contributed by atoms with Gasteiger partial charge in [-0.2, -0.15) is 0 Å². The quantitative estimate of drug-likeness (QED) is 0.489. The largest absolute Gasteiger partial charge is 0.497 e. The number of rotatable bonds is 12. The Hall–Kier alpha value is -2.73. The van der Waals surface area contributed by atoms with E-state index in [2.05, 4.69) is 5.32 Å². The maximum atomic E-state index is 13.0.